The van der Waals surface area contributed by atoms with Crippen molar-refractivity contribution in [1.82, 2.24) is 4.90 Å². The molecule has 2 heteroatoms. The van der Waals surface area contributed by atoms with Crippen molar-refractivity contribution in [2.75, 3.05) is 19.7 Å². The first kappa shape index (κ1) is 17.7. The van der Waals surface area contributed by atoms with Gasteiger partial charge in [-0.3, -0.25) is 4.90 Å². The fourth-order valence-corrected chi connectivity index (χ4v) is 3.35. The van der Waals surface area contributed by atoms with Crippen molar-refractivity contribution in [2.45, 2.75) is 72.4 Å². The monoisotopic (exact) mass is 305 g/mol. The van der Waals surface area contributed by atoms with Gasteiger partial charge in [-0.2, -0.15) is 0 Å². The fourth-order valence-electron chi connectivity index (χ4n) is 3.35. The predicted molar refractivity (Wildman–Crippen MR) is 95.1 cm³/mol. The van der Waals surface area contributed by atoms with E-state index in [9.17, 15) is 0 Å². The maximum atomic E-state index is 6.08. The molecule has 0 bridgehead atoms. The second kappa shape index (κ2) is 7.79. The van der Waals surface area contributed by atoms with Gasteiger partial charge in [0.1, 0.15) is 0 Å². The maximum absolute atomic E-state index is 6.08. The summed E-state index contributed by atoms with van der Waals surface area (Å²) in [4.78, 5) is 2.58. The maximum Gasteiger partial charge on any atom is 0.0794 e. The number of likely N-dealkylation sites (tertiary alicyclic amines) is 1. The topological polar surface area (TPSA) is 12.5 Å². The molecule has 0 N–H and O–H groups in total. The molecule has 0 radical (unpaired) electrons. The number of hydrogen-bond donors (Lipinski definition) is 0. The third-order valence-corrected chi connectivity index (χ3v) is 5.90. The lowest BCUT2D eigenvalue weighted by atomic mass is 9.73. The molecule has 1 heterocycles. The minimum absolute atomic E-state index is 0.255. The van der Waals surface area contributed by atoms with Crippen LogP contribution in [0.25, 0.3) is 0 Å². The standard InChI is InChI=1S/C20H35NO/c1-16(2)20(4,5)18-9-11-19(12-10-18)22-15-14-21-13-7-6-8-17(21)3/h9-11,16-17,19H,6-8,12-15H2,1-5H3. The average Bonchev–Trinajstić information content (AvgIpc) is 2.49. The summed E-state index contributed by atoms with van der Waals surface area (Å²) in [5.41, 5.74) is 1.72. The zero-order valence-corrected chi connectivity index (χ0v) is 15.3. The van der Waals surface area contributed by atoms with E-state index in [1.807, 2.05) is 0 Å². The first-order valence-electron chi connectivity index (χ1n) is 9.15. The quantitative estimate of drug-likeness (QED) is 0.698. The minimum Gasteiger partial charge on any atom is -0.372 e. The zero-order chi connectivity index (χ0) is 16.2. The highest BCUT2D eigenvalue weighted by atomic mass is 16.5. The van der Waals surface area contributed by atoms with E-state index in [1.54, 1.807) is 0 Å². The smallest absolute Gasteiger partial charge is 0.0794 e. The van der Waals surface area contributed by atoms with Gasteiger partial charge in [-0.05, 0) is 49.6 Å². The van der Waals surface area contributed by atoms with Crippen LogP contribution in [0.5, 0.6) is 0 Å². The lowest BCUT2D eigenvalue weighted by Gasteiger charge is -2.34. The lowest BCUT2D eigenvalue weighted by Crippen LogP contribution is -2.39. The van der Waals surface area contributed by atoms with Gasteiger partial charge in [-0.25, -0.2) is 0 Å². The number of rotatable bonds is 6. The molecule has 2 aliphatic rings. The van der Waals surface area contributed by atoms with Gasteiger partial charge in [0.15, 0.2) is 0 Å². The first-order chi connectivity index (χ1) is 10.4. The molecule has 2 nitrogen and oxygen atoms in total. The van der Waals surface area contributed by atoms with E-state index in [-0.39, 0.29) is 11.5 Å². The van der Waals surface area contributed by atoms with Crippen molar-refractivity contribution in [2.24, 2.45) is 11.3 Å². The van der Waals surface area contributed by atoms with Crippen LogP contribution in [0.2, 0.25) is 0 Å². The molecule has 0 aromatic rings. The SMILES string of the molecule is CC1CCCCN1CCOC1C=CC(C(C)(C)C(C)C)=CC1. The first-order valence-corrected chi connectivity index (χ1v) is 9.15. The van der Waals surface area contributed by atoms with Gasteiger partial charge in [0.05, 0.1) is 12.7 Å². The Morgan fingerprint density at radius 1 is 1.32 bits per heavy atom. The number of nitrogens with zero attached hydrogens (tertiary/aromatic N) is 1. The van der Waals surface area contributed by atoms with Crippen LogP contribution in [0.3, 0.4) is 0 Å². The van der Waals surface area contributed by atoms with E-state index in [0.717, 1.165) is 25.6 Å². The van der Waals surface area contributed by atoms with E-state index in [1.165, 1.54) is 31.4 Å². The summed E-state index contributed by atoms with van der Waals surface area (Å²) >= 11 is 0. The largest absolute Gasteiger partial charge is 0.372 e. The summed E-state index contributed by atoms with van der Waals surface area (Å²) in [5, 5.41) is 0. The Hall–Kier alpha value is -0.600. The summed E-state index contributed by atoms with van der Waals surface area (Å²) < 4.78 is 6.08. The van der Waals surface area contributed by atoms with E-state index < -0.39 is 0 Å². The molecule has 2 rings (SSSR count). The van der Waals surface area contributed by atoms with E-state index in [0.29, 0.717) is 5.92 Å². The molecule has 0 spiro atoms. The highest BCUT2D eigenvalue weighted by molar-refractivity contribution is 5.30. The van der Waals surface area contributed by atoms with E-state index in [2.05, 4.69) is 57.7 Å². The van der Waals surface area contributed by atoms with Crippen molar-refractivity contribution >= 4 is 0 Å². The average molecular weight is 306 g/mol. The van der Waals surface area contributed by atoms with Gasteiger partial charge in [0, 0.05) is 12.6 Å². The molecule has 126 valence electrons. The van der Waals surface area contributed by atoms with Crippen molar-refractivity contribution in [1.29, 1.82) is 0 Å². The molecular weight excluding hydrogens is 270 g/mol. The number of allylic oxidation sites excluding steroid dienone is 2. The molecular formula is C20H35NO. The highest BCUT2D eigenvalue weighted by Crippen LogP contribution is 2.37. The number of hydrogen-bond acceptors (Lipinski definition) is 2. The molecule has 0 aromatic heterocycles. The van der Waals surface area contributed by atoms with Gasteiger partial charge in [-0.1, -0.05) is 52.3 Å². The molecule has 2 atom stereocenters. The molecule has 1 saturated heterocycles. The molecule has 0 saturated carbocycles. The summed E-state index contributed by atoms with van der Waals surface area (Å²) in [6.07, 6.45) is 12.3. The summed E-state index contributed by atoms with van der Waals surface area (Å²) in [6.45, 7) is 14.8. The Morgan fingerprint density at radius 3 is 2.68 bits per heavy atom. The normalized spacial score (nSPS) is 27.3. The molecule has 2 unspecified atom stereocenters. The third-order valence-electron chi connectivity index (χ3n) is 5.90. The Kier molecular flexibility index (Phi) is 6.28. The zero-order valence-electron chi connectivity index (χ0n) is 15.3. The van der Waals surface area contributed by atoms with Crippen LogP contribution in [0.15, 0.2) is 23.8 Å². The van der Waals surface area contributed by atoms with Gasteiger partial charge in [0.25, 0.3) is 0 Å². The van der Waals surface area contributed by atoms with Crippen molar-refractivity contribution in [3.05, 3.63) is 23.8 Å². The highest BCUT2D eigenvalue weighted by Gasteiger charge is 2.27. The molecule has 1 aliphatic heterocycles. The molecule has 0 aromatic carbocycles. The van der Waals surface area contributed by atoms with Crippen LogP contribution >= 0.6 is 0 Å². The van der Waals surface area contributed by atoms with Crippen LogP contribution in [0, 0.1) is 11.3 Å². The lowest BCUT2D eigenvalue weighted by molar-refractivity contribution is 0.0478. The van der Waals surface area contributed by atoms with Crippen molar-refractivity contribution in [3.63, 3.8) is 0 Å². The molecule has 22 heavy (non-hydrogen) atoms. The van der Waals surface area contributed by atoms with Gasteiger partial charge in [-0.15, -0.1) is 0 Å². The number of ether oxygens (including phenoxy) is 1. The minimum atomic E-state index is 0.255. The fraction of sp³-hybridized carbons (Fsp3) is 0.800. The third kappa shape index (κ3) is 4.45. The predicted octanol–water partition coefficient (Wildman–Crippen LogP) is 4.81. The second-order valence-electron chi connectivity index (χ2n) is 7.92. The van der Waals surface area contributed by atoms with Crippen LogP contribution in [-0.2, 0) is 4.74 Å². The van der Waals surface area contributed by atoms with Crippen LogP contribution in [0.4, 0.5) is 0 Å². The molecule has 1 fully saturated rings. The summed E-state index contributed by atoms with van der Waals surface area (Å²) in [6, 6.07) is 0.734. The van der Waals surface area contributed by atoms with Gasteiger partial charge in [0.2, 0.25) is 0 Å². The summed E-state index contributed by atoms with van der Waals surface area (Å²) in [5.74, 6) is 0.654. The van der Waals surface area contributed by atoms with E-state index in [4.69, 9.17) is 4.74 Å². The van der Waals surface area contributed by atoms with Crippen LogP contribution in [0.1, 0.15) is 60.3 Å². The van der Waals surface area contributed by atoms with Crippen LogP contribution < -0.4 is 0 Å². The Morgan fingerprint density at radius 2 is 2.09 bits per heavy atom. The van der Waals surface area contributed by atoms with E-state index >= 15 is 0 Å². The van der Waals surface area contributed by atoms with Gasteiger partial charge >= 0.3 is 0 Å². The molecule has 0 amide bonds. The van der Waals surface area contributed by atoms with Gasteiger partial charge < -0.3 is 4.74 Å². The van der Waals surface area contributed by atoms with Crippen molar-refractivity contribution < 1.29 is 4.74 Å². The Balaban J connectivity index is 1.74. The molecule has 1 aliphatic carbocycles. The van der Waals surface area contributed by atoms with Crippen LogP contribution in [-0.4, -0.2) is 36.7 Å². The van der Waals surface area contributed by atoms with Crippen molar-refractivity contribution in [3.8, 4) is 0 Å². The number of piperidine rings is 1. The second-order valence-corrected chi connectivity index (χ2v) is 7.92. The summed E-state index contributed by atoms with van der Waals surface area (Å²) in [7, 11) is 0. The Labute approximate surface area is 137 Å². The Bertz CT molecular complexity index is 408.